The highest BCUT2D eigenvalue weighted by Crippen LogP contribution is 2.33. The molecule has 5 nitrogen and oxygen atoms in total. The van der Waals surface area contributed by atoms with Gasteiger partial charge in [0.05, 0.1) is 12.2 Å². The number of para-hydroxylation sites is 2. The van der Waals surface area contributed by atoms with Crippen molar-refractivity contribution in [2.45, 2.75) is 19.6 Å². The molecule has 2 amide bonds. The molecule has 0 bridgehead atoms. The third kappa shape index (κ3) is 3.34. The average molecular weight is 310 g/mol. The van der Waals surface area contributed by atoms with Crippen LogP contribution in [0, 0.1) is 0 Å². The number of carbonyl (C=O) groups is 2. The summed E-state index contributed by atoms with van der Waals surface area (Å²) in [6, 6.07) is 16.9. The molecule has 0 unspecified atom stereocenters. The van der Waals surface area contributed by atoms with E-state index in [4.69, 9.17) is 4.74 Å². The molecule has 0 fully saturated rings. The summed E-state index contributed by atoms with van der Waals surface area (Å²) in [5.74, 6) is 0.213. The Morgan fingerprint density at radius 1 is 1.13 bits per heavy atom. The van der Waals surface area contributed by atoms with Gasteiger partial charge in [0, 0.05) is 13.5 Å². The van der Waals surface area contributed by atoms with Gasteiger partial charge in [-0.25, -0.2) is 0 Å². The van der Waals surface area contributed by atoms with Crippen LogP contribution in [-0.4, -0.2) is 24.5 Å². The number of fused-ring (bicyclic) bond motifs is 1. The molecule has 23 heavy (non-hydrogen) atoms. The van der Waals surface area contributed by atoms with Crippen LogP contribution in [0.2, 0.25) is 0 Å². The second-order valence-corrected chi connectivity index (χ2v) is 5.41. The maximum atomic E-state index is 12.4. The van der Waals surface area contributed by atoms with Crippen LogP contribution < -0.4 is 15.0 Å². The smallest absolute Gasteiger partial charge is 0.263 e. The van der Waals surface area contributed by atoms with Crippen LogP contribution in [0.3, 0.4) is 0 Å². The molecule has 0 radical (unpaired) electrons. The van der Waals surface area contributed by atoms with Gasteiger partial charge in [-0.15, -0.1) is 0 Å². The van der Waals surface area contributed by atoms with Crippen molar-refractivity contribution in [2.75, 3.05) is 11.4 Å². The Kier molecular flexibility index (Phi) is 4.28. The van der Waals surface area contributed by atoms with Crippen LogP contribution in [0.5, 0.6) is 5.75 Å². The van der Waals surface area contributed by atoms with E-state index in [0.29, 0.717) is 18.0 Å². The molecule has 0 aromatic heterocycles. The van der Waals surface area contributed by atoms with Crippen molar-refractivity contribution in [3.8, 4) is 5.75 Å². The first-order valence-electron chi connectivity index (χ1n) is 7.50. The van der Waals surface area contributed by atoms with Crippen molar-refractivity contribution < 1.29 is 14.3 Å². The first-order valence-corrected chi connectivity index (χ1v) is 7.50. The second kappa shape index (κ2) is 6.52. The zero-order valence-corrected chi connectivity index (χ0v) is 12.9. The van der Waals surface area contributed by atoms with Crippen LogP contribution in [0.1, 0.15) is 12.5 Å². The lowest BCUT2D eigenvalue weighted by molar-refractivity contribution is -0.128. The number of anilines is 1. The van der Waals surface area contributed by atoms with Crippen LogP contribution >= 0.6 is 0 Å². The largest absolute Gasteiger partial charge is 0.477 e. The summed E-state index contributed by atoms with van der Waals surface area (Å²) >= 11 is 0. The highest BCUT2D eigenvalue weighted by atomic mass is 16.5. The van der Waals surface area contributed by atoms with Crippen LogP contribution in [-0.2, 0) is 16.1 Å². The highest BCUT2D eigenvalue weighted by molar-refractivity contribution is 5.95. The summed E-state index contributed by atoms with van der Waals surface area (Å²) in [7, 11) is 0. The van der Waals surface area contributed by atoms with E-state index in [9.17, 15) is 9.59 Å². The molecule has 0 spiro atoms. The van der Waals surface area contributed by atoms with Gasteiger partial charge in [-0.3, -0.25) is 9.59 Å². The lowest BCUT2D eigenvalue weighted by Crippen LogP contribution is -2.50. The summed E-state index contributed by atoms with van der Waals surface area (Å²) in [6.07, 6.45) is -0.711. The van der Waals surface area contributed by atoms with E-state index in [1.807, 2.05) is 48.5 Å². The van der Waals surface area contributed by atoms with Gasteiger partial charge in [-0.2, -0.15) is 0 Å². The molecule has 0 saturated heterocycles. The molecule has 1 N–H and O–H groups in total. The molecule has 2 aromatic rings. The van der Waals surface area contributed by atoms with E-state index in [2.05, 4.69) is 5.32 Å². The highest BCUT2D eigenvalue weighted by Gasteiger charge is 2.32. The number of ether oxygens (including phenoxy) is 1. The topological polar surface area (TPSA) is 58.6 Å². The van der Waals surface area contributed by atoms with Gasteiger partial charge in [-0.05, 0) is 17.7 Å². The Morgan fingerprint density at radius 2 is 1.83 bits per heavy atom. The fraction of sp³-hybridized carbons (Fsp3) is 0.222. The van der Waals surface area contributed by atoms with E-state index >= 15 is 0 Å². The number of nitrogens with zero attached hydrogens (tertiary/aromatic N) is 1. The predicted octanol–water partition coefficient (Wildman–Crippen LogP) is 2.12. The van der Waals surface area contributed by atoms with Crippen molar-refractivity contribution in [1.82, 2.24) is 5.32 Å². The fourth-order valence-corrected chi connectivity index (χ4v) is 2.57. The minimum atomic E-state index is -0.711. The number of benzene rings is 2. The maximum Gasteiger partial charge on any atom is 0.263 e. The third-order valence-corrected chi connectivity index (χ3v) is 3.76. The summed E-state index contributed by atoms with van der Waals surface area (Å²) in [6.45, 7) is 2.13. The SMILES string of the molecule is CC(=O)N1C[C@H](C(=O)NCc2ccccc2)Oc2ccccc21. The lowest BCUT2D eigenvalue weighted by atomic mass is 10.1. The first kappa shape index (κ1) is 15.1. The molecule has 1 aliphatic heterocycles. The van der Waals surface area contributed by atoms with Gasteiger partial charge in [0.1, 0.15) is 5.75 Å². The van der Waals surface area contributed by atoms with Gasteiger partial charge in [0.25, 0.3) is 5.91 Å². The number of amides is 2. The summed E-state index contributed by atoms with van der Waals surface area (Å²) in [5.41, 5.74) is 1.72. The number of hydrogen-bond donors (Lipinski definition) is 1. The van der Waals surface area contributed by atoms with Gasteiger partial charge < -0.3 is 15.0 Å². The summed E-state index contributed by atoms with van der Waals surface area (Å²) < 4.78 is 5.76. The number of carbonyl (C=O) groups excluding carboxylic acids is 2. The first-order chi connectivity index (χ1) is 11.1. The van der Waals surface area contributed by atoms with Crippen LogP contribution in [0.25, 0.3) is 0 Å². The summed E-state index contributed by atoms with van der Waals surface area (Å²) in [4.78, 5) is 25.8. The maximum absolute atomic E-state index is 12.4. The normalized spacial score (nSPS) is 16.2. The van der Waals surface area contributed by atoms with Crippen molar-refractivity contribution in [3.05, 3.63) is 60.2 Å². The van der Waals surface area contributed by atoms with Crippen molar-refractivity contribution in [3.63, 3.8) is 0 Å². The Morgan fingerprint density at radius 3 is 2.57 bits per heavy atom. The zero-order valence-electron chi connectivity index (χ0n) is 12.9. The molecule has 1 aliphatic rings. The fourth-order valence-electron chi connectivity index (χ4n) is 2.57. The second-order valence-electron chi connectivity index (χ2n) is 5.41. The molecule has 2 aromatic carbocycles. The molecule has 0 saturated carbocycles. The number of hydrogen-bond acceptors (Lipinski definition) is 3. The van der Waals surface area contributed by atoms with E-state index in [-0.39, 0.29) is 18.4 Å². The number of nitrogens with one attached hydrogen (secondary N) is 1. The quantitative estimate of drug-likeness (QED) is 0.944. The van der Waals surface area contributed by atoms with E-state index < -0.39 is 6.10 Å². The third-order valence-electron chi connectivity index (χ3n) is 3.76. The number of rotatable bonds is 3. The van der Waals surface area contributed by atoms with E-state index in [1.54, 1.807) is 11.0 Å². The molecule has 5 heteroatoms. The monoisotopic (exact) mass is 310 g/mol. The van der Waals surface area contributed by atoms with Crippen molar-refractivity contribution in [1.29, 1.82) is 0 Å². The Bertz CT molecular complexity index is 715. The zero-order chi connectivity index (χ0) is 16.2. The van der Waals surface area contributed by atoms with Gasteiger partial charge >= 0.3 is 0 Å². The van der Waals surface area contributed by atoms with Crippen molar-refractivity contribution >= 4 is 17.5 Å². The van der Waals surface area contributed by atoms with E-state index in [0.717, 1.165) is 5.56 Å². The van der Waals surface area contributed by atoms with Gasteiger partial charge in [0.15, 0.2) is 6.10 Å². The Balaban J connectivity index is 1.71. The summed E-state index contributed by atoms with van der Waals surface area (Å²) in [5, 5.41) is 2.86. The van der Waals surface area contributed by atoms with E-state index in [1.165, 1.54) is 6.92 Å². The molecule has 3 rings (SSSR count). The molecular formula is C18H18N2O3. The Hall–Kier alpha value is -2.82. The molecule has 1 atom stereocenters. The average Bonchev–Trinajstić information content (AvgIpc) is 2.59. The molecular weight excluding hydrogens is 292 g/mol. The van der Waals surface area contributed by atoms with Crippen LogP contribution in [0.15, 0.2) is 54.6 Å². The lowest BCUT2D eigenvalue weighted by Gasteiger charge is -2.33. The minimum absolute atomic E-state index is 0.110. The molecule has 0 aliphatic carbocycles. The predicted molar refractivity (Wildman–Crippen MR) is 87.2 cm³/mol. The Labute approximate surface area is 134 Å². The molecule has 1 heterocycles. The van der Waals surface area contributed by atoms with Gasteiger partial charge in [0.2, 0.25) is 5.91 Å². The minimum Gasteiger partial charge on any atom is -0.477 e. The molecule has 118 valence electrons. The van der Waals surface area contributed by atoms with Crippen LogP contribution in [0.4, 0.5) is 5.69 Å². The van der Waals surface area contributed by atoms with Crippen molar-refractivity contribution in [2.24, 2.45) is 0 Å². The van der Waals surface area contributed by atoms with Gasteiger partial charge in [-0.1, -0.05) is 42.5 Å². The standard InChI is InChI=1S/C18H18N2O3/c1-13(21)20-12-17(23-16-10-6-5-9-15(16)20)18(22)19-11-14-7-3-2-4-8-14/h2-10,17H,11-12H2,1H3,(H,19,22)/t17-/m1/s1.